The minimum absolute atomic E-state index is 0.0222. The second-order valence-corrected chi connectivity index (χ2v) is 9.89. The van der Waals surface area contributed by atoms with Gasteiger partial charge in [-0.3, -0.25) is 9.36 Å². The molecule has 202 valence electrons. The third-order valence-electron chi connectivity index (χ3n) is 7.25. The third-order valence-corrected chi connectivity index (χ3v) is 7.25. The molecule has 5 aromatic rings. The Morgan fingerprint density at radius 1 is 1.02 bits per heavy atom. The smallest absolute Gasteiger partial charge is 0.253 e. The Hall–Kier alpha value is -4.73. The number of hydrogen-bond acceptors (Lipinski definition) is 7. The summed E-state index contributed by atoms with van der Waals surface area (Å²) in [5, 5.41) is 12.0. The molecule has 2 aromatic carbocycles. The van der Waals surface area contributed by atoms with Gasteiger partial charge in [-0.25, -0.2) is 19.3 Å². The lowest BCUT2D eigenvalue weighted by Gasteiger charge is -2.35. The van der Waals surface area contributed by atoms with Gasteiger partial charge in [0.05, 0.1) is 41.0 Å². The lowest BCUT2D eigenvalue weighted by atomic mass is 9.79. The quantitative estimate of drug-likeness (QED) is 0.308. The van der Waals surface area contributed by atoms with Gasteiger partial charge in [-0.15, -0.1) is 10.2 Å². The molecule has 1 N–H and O–H groups in total. The summed E-state index contributed by atoms with van der Waals surface area (Å²) >= 11 is 0. The summed E-state index contributed by atoms with van der Waals surface area (Å²) in [6.45, 7) is 6.22. The molecule has 1 aliphatic rings. The number of carbonyl (C=O) groups excluding carboxylic acids is 1. The fourth-order valence-electron chi connectivity index (χ4n) is 5.00. The summed E-state index contributed by atoms with van der Waals surface area (Å²) in [4.78, 5) is 26.9. The Kier molecular flexibility index (Phi) is 6.67. The zero-order chi connectivity index (χ0) is 27.8. The molecule has 0 saturated heterocycles. The number of pyridine rings is 1. The van der Waals surface area contributed by atoms with Gasteiger partial charge in [0.15, 0.2) is 5.82 Å². The van der Waals surface area contributed by atoms with Crippen LogP contribution in [-0.2, 0) is 0 Å². The average molecular weight is 538 g/mol. The van der Waals surface area contributed by atoms with Crippen LogP contribution in [0.3, 0.4) is 0 Å². The number of halogens is 1. The second kappa shape index (κ2) is 10.4. The van der Waals surface area contributed by atoms with Crippen molar-refractivity contribution >= 4 is 16.9 Å². The van der Waals surface area contributed by atoms with Gasteiger partial charge in [0.25, 0.3) is 5.91 Å². The van der Waals surface area contributed by atoms with Gasteiger partial charge in [-0.2, -0.15) is 0 Å². The van der Waals surface area contributed by atoms with Crippen LogP contribution in [0, 0.1) is 19.7 Å². The maximum absolute atomic E-state index is 15.0. The van der Waals surface area contributed by atoms with E-state index in [1.165, 1.54) is 6.07 Å². The molecular weight excluding hydrogens is 509 g/mol. The van der Waals surface area contributed by atoms with Gasteiger partial charge in [0.1, 0.15) is 28.6 Å². The Bertz CT molecular complexity index is 1710. The molecule has 9 nitrogen and oxygen atoms in total. The Balaban J connectivity index is 1.25. The van der Waals surface area contributed by atoms with Crippen LogP contribution in [0.4, 0.5) is 4.39 Å². The Labute approximate surface area is 230 Å². The minimum Gasteiger partial charge on any atom is -0.492 e. The second-order valence-electron chi connectivity index (χ2n) is 9.89. The summed E-state index contributed by atoms with van der Waals surface area (Å²) in [7, 11) is 0. The number of para-hydroxylation sites is 2. The third kappa shape index (κ3) is 4.66. The van der Waals surface area contributed by atoms with Gasteiger partial charge < -0.3 is 10.1 Å². The van der Waals surface area contributed by atoms with E-state index in [0.717, 1.165) is 11.4 Å². The summed E-state index contributed by atoms with van der Waals surface area (Å²) in [5.41, 5.74) is 4.31. The van der Waals surface area contributed by atoms with Crippen LogP contribution >= 0.6 is 0 Å². The number of nitrogens with zero attached hydrogens (tertiary/aromatic N) is 6. The van der Waals surface area contributed by atoms with Crippen LogP contribution in [0.2, 0.25) is 0 Å². The van der Waals surface area contributed by atoms with E-state index in [-0.39, 0.29) is 23.7 Å². The predicted molar refractivity (Wildman–Crippen MR) is 148 cm³/mol. The fourth-order valence-corrected chi connectivity index (χ4v) is 5.00. The molecule has 40 heavy (non-hydrogen) atoms. The van der Waals surface area contributed by atoms with Crippen LogP contribution in [0.5, 0.6) is 5.75 Å². The zero-order valence-corrected chi connectivity index (χ0v) is 22.4. The highest BCUT2D eigenvalue weighted by Crippen LogP contribution is 2.39. The monoisotopic (exact) mass is 537 g/mol. The lowest BCUT2D eigenvalue weighted by Crippen LogP contribution is -2.44. The first-order chi connectivity index (χ1) is 19.4. The standard InChI is InChI=1S/C30H28FN7O2/c1-4-40-21-12-13-25(32-16-21)29-37-36-28(38(29)26-11-6-5-9-23(26)31)19-14-20(15-19)35-30(39)22-8-7-10-24-27(22)34-18(3)17(2)33-24/h5-13,16,19-20H,4,14-15H2,1-3H3,(H,35,39)/t19-,20-. The number of fused-ring (bicyclic) bond motifs is 1. The van der Waals surface area contributed by atoms with Crippen molar-refractivity contribution in [1.29, 1.82) is 0 Å². The van der Waals surface area contributed by atoms with Crippen molar-refractivity contribution in [3.05, 3.63) is 89.4 Å². The fraction of sp³-hybridized carbons (Fsp3) is 0.267. The van der Waals surface area contributed by atoms with Gasteiger partial charge in [0, 0.05) is 12.0 Å². The van der Waals surface area contributed by atoms with Crippen LogP contribution < -0.4 is 10.1 Å². The highest BCUT2D eigenvalue weighted by Gasteiger charge is 2.37. The number of aryl methyl sites for hydroxylation is 2. The first-order valence-electron chi connectivity index (χ1n) is 13.3. The zero-order valence-electron chi connectivity index (χ0n) is 22.4. The van der Waals surface area contributed by atoms with Gasteiger partial charge in [-0.05, 0) is 70.0 Å². The van der Waals surface area contributed by atoms with Crippen molar-refractivity contribution in [3.8, 4) is 23.0 Å². The largest absolute Gasteiger partial charge is 0.492 e. The van der Waals surface area contributed by atoms with Crippen molar-refractivity contribution in [1.82, 2.24) is 35.0 Å². The highest BCUT2D eigenvalue weighted by atomic mass is 19.1. The number of hydrogen-bond donors (Lipinski definition) is 1. The highest BCUT2D eigenvalue weighted by molar-refractivity contribution is 6.04. The van der Waals surface area contributed by atoms with Gasteiger partial charge in [-0.1, -0.05) is 18.2 Å². The van der Waals surface area contributed by atoms with Crippen molar-refractivity contribution < 1.29 is 13.9 Å². The first kappa shape index (κ1) is 25.5. The maximum Gasteiger partial charge on any atom is 0.253 e. The topological polar surface area (TPSA) is 108 Å². The van der Waals surface area contributed by atoms with Crippen LogP contribution in [-0.4, -0.2) is 48.3 Å². The summed E-state index contributed by atoms with van der Waals surface area (Å²) in [5.74, 6) is 1.11. The molecule has 1 fully saturated rings. The van der Waals surface area contributed by atoms with Crippen molar-refractivity contribution in [2.75, 3.05) is 6.61 Å². The van der Waals surface area contributed by atoms with Crippen molar-refractivity contribution in [2.45, 2.75) is 45.6 Å². The van der Waals surface area contributed by atoms with Crippen LogP contribution in [0.15, 0.2) is 60.8 Å². The van der Waals surface area contributed by atoms with E-state index >= 15 is 4.39 Å². The molecule has 1 amide bonds. The molecule has 0 spiro atoms. The van der Waals surface area contributed by atoms with E-state index in [9.17, 15) is 4.79 Å². The number of ether oxygens (including phenoxy) is 1. The van der Waals surface area contributed by atoms with Crippen LogP contribution in [0.1, 0.15) is 53.3 Å². The van der Waals surface area contributed by atoms with E-state index in [1.54, 1.807) is 47.2 Å². The Morgan fingerprint density at radius 2 is 1.82 bits per heavy atom. The number of nitrogens with one attached hydrogen (secondary N) is 1. The van der Waals surface area contributed by atoms with E-state index < -0.39 is 0 Å². The van der Waals surface area contributed by atoms with E-state index in [1.807, 2.05) is 32.9 Å². The molecule has 3 heterocycles. The predicted octanol–water partition coefficient (Wildman–Crippen LogP) is 5.10. The number of aromatic nitrogens is 6. The molecule has 3 aromatic heterocycles. The van der Waals surface area contributed by atoms with Gasteiger partial charge in [0.2, 0.25) is 0 Å². The van der Waals surface area contributed by atoms with E-state index in [4.69, 9.17) is 4.74 Å². The first-order valence-corrected chi connectivity index (χ1v) is 13.3. The number of carbonyl (C=O) groups is 1. The van der Waals surface area contributed by atoms with Crippen molar-refractivity contribution in [2.24, 2.45) is 0 Å². The summed E-state index contributed by atoms with van der Waals surface area (Å²) < 4.78 is 22.2. The molecule has 1 saturated carbocycles. The van der Waals surface area contributed by atoms with Crippen LogP contribution in [0.25, 0.3) is 28.2 Å². The van der Waals surface area contributed by atoms with Crippen molar-refractivity contribution in [3.63, 3.8) is 0 Å². The molecule has 0 unspecified atom stereocenters. The average Bonchev–Trinajstić information content (AvgIpc) is 3.35. The number of rotatable bonds is 7. The normalized spacial score (nSPS) is 16.5. The van der Waals surface area contributed by atoms with E-state index in [0.29, 0.717) is 64.8 Å². The Morgan fingerprint density at radius 3 is 2.58 bits per heavy atom. The lowest BCUT2D eigenvalue weighted by molar-refractivity contribution is 0.0908. The molecule has 1 aliphatic carbocycles. The molecule has 0 bridgehead atoms. The molecule has 0 atom stereocenters. The molecule has 10 heteroatoms. The summed E-state index contributed by atoms with van der Waals surface area (Å²) in [6.07, 6.45) is 2.90. The molecular formula is C30H28FN7O2. The SMILES string of the molecule is CCOc1ccc(-c2nnc([C@H]3C[C@H](NC(=O)c4cccc5nc(C)c(C)nc45)C3)n2-c2ccccc2F)nc1. The molecule has 6 rings (SSSR count). The van der Waals surface area contributed by atoms with Gasteiger partial charge >= 0.3 is 0 Å². The summed E-state index contributed by atoms with van der Waals surface area (Å²) in [6, 6.07) is 15.5. The molecule has 0 radical (unpaired) electrons. The molecule has 0 aliphatic heterocycles. The number of amides is 1. The van der Waals surface area contributed by atoms with E-state index in [2.05, 4.69) is 30.5 Å². The minimum atomic E-state index is -0.387. The number of benzene rings is 2. The maximum atomic E-state index is 15.0.